The molecule has 0 aromatic rings. The molecule has 4 heterocycles. The number of rotatable bonds is 0. The summed E-state index contributed by atoms with van der Waals surface area (Å²) < 4.78 is 0. The molecule has 2 amide bonds. The van der Waals surface area contributed by atoms with Gasteiger partial charge in [-0.2, -0.15) is 0 Å². The van der Waals surface area contributed by atoms with Crippen molar-refractivity contribution in [2.24, 2.45) is 23.7 Å². The molecule has 1 N–H and O–H groups in total. The van der Waals surface area contributed by atoms with Gasteiger partial charge in [0.15, 0.2) is 0 Å². The lowest BCUT2D eigenvalue weighted by Crippen LogP contribution is -2.33. The first kappa shape index (κ1) is 16.7. The minimum Gasteiger partial charge on any atom is -0.353 e. The van der Waals surface area contributed by atoms with Gasteiger partial charge < -0.3 is 20.0 Å². The van der Waals surface area contributed by atoms with Crippen LogP contribution in [0.5, 0.6) is 0 Å². The van der Waals surface area contributed by atoms with Crippen LogP contribution in [-0.2, 0) is 9.59 Å². The molecule has 4 aliphatic heterocycles. The average Bonchev–Trinajstić information content (AvgIpc) is 3.17. The summed E-state index contributed by atoms with van der Waals surface area (Å²) in [6.45, 7) is 8.31. The van der Waals surface area contributed by atoms with Gasteiger partial charge in [-0.15, -0.1) is 0 Å². The molecule has 0 aliphatic carbocycles. The largest absolute Gasteiger partial charge is 0.353 e. The zero-order valence-electron chi connectivity index (χ0n) is 15.0. The fourth-order valence-corrected chi connectivity index (χ4v) is 4.79. The van der Waals surface area contributed by atoms with E-state index >= 15 is 0 Å². The lowest BCUT2D eigenvalue weighted by Gasteiger charge is -2.21. The molecule has 0 spiro atoms. The minimum atomic E-state index is 0.256. The number of hydrogen-bond acceptors (Lipinski definition) is 4. The predicted octanol–water partition coefficient (Wildman–Crippen LogP) is -0.293. The average molecular weight is 322 g/mol. The molecule has 0 saturated carbocycles. The normalized spacial score (nSPS) is 43.3. The van der Waals surface area contributed by atoms with Gasteiger partial charge in [-0.3, -0.25) is 9.59 Å². The molecule has 0 aromatic heterocycles. The Kier molecular flexibility index (Phi) is 4.40. The van der Waals surface area contributed by atoms with E-state index < -0.39 is 0 Å². The summed E-state index contributed by atoms with van der Waals surface area (Å²) in [5.74, 6) is 2.30. The van der Waals surface area contributed by atoms with Crippen molar-refractivity contribution in [3.63, 3.8) is 0 Å². The monoisotopic (exact) mass is 322 g/mol. The SMILES string of the molecule is C[C@@H]1NC(=O)[C@H]2CN(C)C[C@@H]12.C[C@H]1[C@@H]2CN(C)C[C@@H]2C(=O)N1C. The zero-order valence-corrected chi connectivity index (χ0v) is 15.0. The Balaban J connectivity index is 0.000000136. The second-order valence-electron chi connectivity index (χ2n) is 7.97. The van der Waals surface area contributed by atoms with Crippen molar-refractivity contribution >= 4 is 11.8 Å². The molecular formula is C17H30N4O2. The van der Waals surface area contributed by atoms with Crippen LogP contribution in [0.2, 0.25) is 0 Å². The Morgan fingerprint density at radius 2 is 1.43 bits per heavy atom. The first-order chi connectivity index (χ1) is 10.8. The number of amides is 2. The molecule has 4 fully saturated rings. The van der Waals surface area contributed by atoms with Crippen molar-refractivity contribution in [3.05, 3.63) is 0 Å². The van der Waals surface area contributed by atoms with Crippen LogP contribution >= 0.6 is 0 Å². The highest BCUT2D eigenvalue weighted by molar-refractivity contribution is 5.83. The second-order valence-corrected chi connectivity index (χ2v) is 7.97. The molecule has 6 nitrogen and oxygen atoms in total. The van der Waals surface area contributed by atoms with Gasteiger partial charge >= 0.3 is 0 Å². The van der Waals surface area contributed by atoms with Crippen molar-refractivity contribution in [3.8, 4) is 0 Å². The topological polar surface area (TPSA) is 55.9 Å². The van der Waals surface area contributed by atoms with Crippen LogP contribution in [0, 0.1) is 23.7 Å². The van der Waals surface area contributed by atoms with E-state index in [0.717, 1.165) is 26.2 Å². The van der Waals surface area contributed by atoms with Crippen LogP contribution < -0.4 is 5.32 Å². The fourth-order valence-electron chi connectivity index (χ4n) is 4.79. The standard InChI is InChI=1S/C9H16N2O.C8H14N2O/c1-6-7-4-10(2)5-8(7)9(12)11(6)3;1-5-6-3-10(2)4-7(6)8(11)9-5/h6-8H,4-5H2,1-3H3;5-7H,3-4H2,1-2H3,(H,9,11)/t6-,7-,8-;5-,6-,7-/m00/s1. The second kappa shape index (κ2) is 6.06. The van der Waals surface area contributed by atoms with Gasteiger partial charge in [-0.05, 0) is 27.9 Å². The third-order valence-electron chi connectivity index (χ3n) is 6.34. The summed E-state index contributed by atoms with van der Waals surface area (Å²) >= 11 is 0. The van der Waals surface area contributed by atoms with Crippen LogP contribution in [-0.4, -0.2) is 85.9 Å². The summed E-state index contributed by atoms with van der Waals surface area (Å²) in [6.07, 6.45) is 0. The number of likely N-dealkylation sites (tertiary alicyclic amines) is 3. The summed E-state index contributed by atoms with van der Waals surface area (Å²) in [7, 11) is 6.10. The highest BCUT2D eigenvalue weighted by atomic mass is 16.2. The summed E-state index contributed by atoms with van der Waals surface area (Å²) in [5, 5.41) is 2.97. The maximum absolute atomic E-state index is 11.6. The molecule has 6 heteroatoms. The highest BCUT2D eigenvalue weighted by Crippen LogP contribution is 2.35. The number of hydrogen-bond donors (Lipinski definition) is 1. The van der Waals surface area contributed by atoms with Gasteiger partial charge in [-0.25, -0.2) is 0 Å². The zero-order chi connectivity index (χ0) is 16.9. The lowest BCUT2D eigenvalue weighted by atomic mass is 9.95. The molecule has 6 atom stereocenters. The number of nitrogens with zero attached hydrogens (tertiary/aromatic N) is 3. The quantitative estimate of drug-likeness (QED) is 0.666. The third-order valence-corrected chi connectivity index (χ3v) is 6.34. The Morgan fingerprint density at radius 3 is 2.00 bits per heavy atom. The van der Waals surface area contributed by atoms with Crippen molar-refractivity contribution in [2.75, 3.05) is 47.3 Å². The van der Waals surface area contributed by atoms with Gasteiger partial charge in [0.2, 0.25) is 11.8 Å². The van der Waals surface area contributed by atoms with E-state index in [1.807, 2.05) is 11.9 Å². The maximum atomic E-state index is 11.6. The van der Waals surface area contributed by atoms with E-state index in [2.05, 4.69) is 43.1 Å². The van der Waals surface area contributed by atoms with E-state index in [1.54, 1.807) is 0 Å². The number of carbonyl (C=O) groups is 2. The molecule has 0 bridgehead atoms. The molecular weight excluding hydrogens is 292 g/mol. The highest BCUT2D eigenvalue weighted by Gasteiger charge is 2.48. The van der Waals surface area contributed by atoms with Crippen molar-refractivity contribution < 1.29 is 9.59 Å². The van der Waals surface area contributed by atoms with Gasteiger partial charge in [0.05, 0.1) is 11.8 Å². The van der Waals surface area contributed by atoms with Crippen molar-refractivity contribution in [1.29, 1.82) is 0 Å². The third kappa shape index (κ3) is 2.87. The van der Waals surface area contributed by atoms with Gasteiger partial charge in [0.1, 0.15) is 0 Å². The Hall–Kier alpha value is -1.14. The van der Waals surface area contributed by atoms with E-state index in [4.69, 9.17) is 0 Å². The molecule has 23 heavy (non-hydrogen) atoms. The molecule has 4 rings (SSSR count). The Morgan fingerprint density at radius 1 is 0.870 bits per heavy atom. The van der Waals surface area contributed by atoms with Gasteiger partial charge in [0.25, 0.3) is 0 Å². The van der Waals surface area contributed by atoms with Crippen LogP contribution in [0.25, 0.3) is 0 Å². The van der Waals surface area contributed by atoms with E-state index in [1.165, 1.54) is 0 Å². The summed E-state index contributed by atoms with van der Waals surface area (Å²) in [6, 6.07) is 0.824. The molecule has 4 aliphatic rings. The van der Waals surface area contributed by atoms with Crippen LogP contribution in [0.4, 0.5) is 0 Å². The van der Waals surface area contributed by atoms with E-state index in [-0.39, 0.29) is 17.7 Å². The minimum absolute atomic E-state index is 0.256. The Bertz CT molecular complexity index is 497. The molecule has 4 saturated heterocycles. The predicted molar refractivity (Wildman–Crippen MR) is 88.8 cm³/mol. The van der Waals surface area contributed by atoms with Gasteiger partial charge in [0, 0.05) is 57.1 Å². The Labute approximate surface area is 139 Å². The van der Waals surface area contributed by atoms with E-state index in [0.29, 0.717) is 29.8 Å². The number of nitrogens with one attached hydrogen (secondary N) is 1. The van der Waals surface area contributed by atoms with Crippen LogP contribution in [0.3, 0.4) is 0 Å². The lowest BCUT2D eigenvalue weighted by molar-refractivity contribution is -0.130. The van der Waals surface area contributed by atoms with Crippen LogP contribution in [0.15, 0.2) is 0 Å². The van der Waals surface area contributed by atoms with E-state index in [9.17, 15) is 9.59 Å². The van der Waals surface area contributed by atoms with Crippen molar-refractivity contribution in [2.45, 2.75) is 25.9 Å². The van der Waals surface area contributed by atoms with Gasteiger partial charge in [-0.1, -0.05) is 0 Å². The molecule has 0 aromatic carbocycles. The smallest absolute Gasteiger partial charge is 0.227 e. The summed E-state index contributed by atoms with van der Waals surface area (Å²) in [4.78, 5) is 29.3. The fraction of sp³-hybridized carbons (Fsp3) is 0.882. The molecule has 130 valence electrons. The number of carbonyl (C=O) groups excluding carboxylic acids is 2. The molecule has 0 radical (unpaired) electrons. The molecule has 0 unspecified atom stereocenters. The first-order valence-corrected chi connectivity index (χ1v) is 8.73. The summed E-state index contributed by atoms with van der Waals surface area (Å²) in [5.41, 5.74) is 0. The first-order valence-electron chi connectivity index (χ1n) is 8.73. The van der Waals surface area contributed by atoms with Crippen LogP contribution in [0.1, 0.15) is 13.8 Å². The van der Waals surface area contributed by atoms with Crippen molar-refractivity contribution in [1.82, 2.24) is 20.0 Å². The number of fused-ring (bicyclic) bond motifs is 2. The maximum Gasteiger partial charge on any atom is 0.227 e.